The Morgan fingerprint density at radius 1 is 1.27 bits per heavy atom. The normalized spacial score (nSPS) is 22.1. The number of para-hydroxylation sites is 1. The molecule has 0 bridgehead atoms. The van der Waals surface area contributed by atoms with Gasteiger partial charge in [-0.2, -0.15) is 0 Å². The molecule has 2 amide bonds. The third-order valence-electron chi connectivity index (χ3n) is 4.90. The van der Waals surface area contributed by atoms with E-state index >= 15 is 0 Å². The van der Waals surface area contributed by atoms with E-state index in [-0.39, 0.29) is 29.7 Å². The average Bonchev–Trinajstić information content (AvgIpc) is 3.21. The molecular formula is C17H23N3O2. The molecule has 1 aliphatic heterocycles. The van der Waals surface area contributed by atoms with E-state index in [4.69, 9.17) is 0 Å². The summed E-state index contributed by atoms with van der Waals surface area (Å²) >= 11 is 0. The lowest BCUT2D eigenvalue weighted by atomic mass is 9.91. The number of rotatable bonds is 4. The summed E-state index contributed by atoms with van der Waals surface area (Å²) in [6, 6.07) is 9.32. The maximum Gasteiger partial charge on any atom is 0.243 e. The lowest BCUT2D eigenvalue weighted by molar-refractivity contribution is -0.135. The maximum absolute atomic E-state index is 12.5. The van der Waals surface area contributed by atoms with Gasteiger partial charge in [-0.25, -0.2) is 0 Å². The van der Waals surface area contributed by atoms with Crippen molar-refractivity contribution >= 4 is 17.5 Å². The lowest BCUT2D eigenvalue weighted by Crippen LogP contribution is -2.38. The van der Waals surface area contributed by atoms with Crippen molar-refractivity contribution in [3.05, 3.63) is 30.3 Å². The Balaban J connectivity index is 1.50. The van der Waals surface area contributed by atoms with Gasteiger partial charge in [0.15, 0.2) is 0 Å². The monoisotopic (exact) mass is 301 g/mol. The first-order valence-electron chi connectivity index (χ1n) is 7.91. The second-order valence-corrected chi connectivity index (χ2v) is 6.48. The summed E-state index contributed by atoms with van der Waals surface area (Å²) in [5.74, 6) is 0.0799. The van der Waals surface area contributed by atoms with E-state index in [1.807, 2.05) is 30.3 Å². The van der Waals surface area contributed by atoms with Gasteiger partial charge in [-0.1, -0.05) is 18.2 Å². The molecule has 3 rings (SSSR count). The third kappa shape index (κ3) is 3.14. The van der Waals surface area contributed by atoms with Crippen LogP contribution in [0.25, 0.3) is 0 Å². The fourth-order valence-corrected chi connectivity index (χ4v) is 3.46. The van der Waals surface area contributed by atoms with Gasteiger partial charge in [0.2, 0.25) is 11.8 Å². The van der Waals surface area contributed by atoms with Crippen molar-refractivity contribution in [2.75, 3.05) is 32.0 Å². The number of nitrogens with zero attached hydrogens (tertiary/aromatic N) is 1. The highest BCUT2D eigenvalue weighted by Crippen LogP contribution is 2.59. The number of anilines is 1. The predicted octanol–water partition coefficient (Wildman–Crippen LogP) is 1.47. The van der Waals surface area contributed by atoms with E-state index in [9.17, 15) is 9.59 Å². The second-order valence-electron chi connectivity index (χ2n) is 6.48. The van der Waals surface area contributed by atoms with Crippen LogP contribution in [0.1, 0.15) is 19.3 Å². The van der Waals surface area contributed by atoms with Crippen LogP contribution in [0.2, 0.25) is 0 Å². The van der Waals surface area contributed by atoms with Gasteiger partial charge in [-0.05, 0) is 49.9 Å². The SMILES string of the molecule is CN(CC(=O)Nc1ccccc1)C(=O)C1CC12CCNCC2. The highest BCUT2D eigenvalue weighted by Gasteiger charge is 2.58. The molecule has 1 atom stereocenters. The third-order valence-corrected chi connectivity index (χ3v) is 4.90. The van der Waals surface area contributed by atoms with Crippen molar-refractivity contribution < 1.29 is 9.59 Å². The molecule has 1 heterocycles. The second kappa shape index (κ2) is 6.08. The smallest absolute Gasteiger partial charge is 0.243 e. The summed E-state index contributed by atoms with van der Waals surface area (Å²) in [5.41, 5.74) is 0.974. The topological polar surface area (TPSA) is 61.4 Å². The van der Waals surface area contributed by atoms with E-state index in [1.54, 1.807) is 11.9 Å². The molecule has 1 aromatic carbocycles. The van der Waals surface area contributed by atoms with Gasteiger partial charge in [0.05, 0.1) is 6.54 Å². The van der Waals surface area contributed by atoms with E-state index < -0.39 is 0 Å². The number of carbonyl (C=O) groups excluding carboxylic acids is 2. The number of nitrogens with one attached hydrogen (secondary N) is 2. The molecule has 1 aliphatic carbocycles. The molecule has 118 valence electrons. The van der Waals surface area contributed by atoms with Crippen molar-refractivity contribution in [1.29, 1.82) is 0 Å². The summed E-state index contributed by atoms with van der Waals surface area (Å²) in [6.45, 7) is 2.11. The summed E-state index contributed by atoms with van der Waals surface area (Å²) in [5, 5.41) is 6.15. The van der Waals surface area contributed by atoms with Crippen LogP contribution in [-0.4, -0.2) is 43.4 Å². The molecule has 5 nitrogen and oxygen atoms in total. The molecule has 2 fully saturated rings. The first-order chi connectivity index (χ1) is 10.6. The van der Waals surface area contributed by atoms with E-state index in [2.05, 4.69) is 10.6 Å². The first-order valence-corrected chi connectivity index (χ1v) is 7.91. The standard InChI is InChI=1S/C17H23N3O2/c1-20(12-15(21)19-13-5-3-2-4-6-13)16(22)14-11-17(14)7-9-18-10-8-17/h2-6,14,18H,7-12H2,1H3,(H,19,21). The molecule has 0 radical (unpaired) electrons. The predicted molar refractivity (Wildman–Crippen MR) is 85.4 cm³/mol. The Morgan fingerprint density at radius 3 is 2.64 bits per heavy atom. The van der Waals surface area contributed by atoms with Gasteiger partial charge in [-0.3, -0.25) is 9.59 Å². The number of benzene rings is 1. The van der Waals surface area contributed by atoms with E-state index in [0.29, 0.717) is 0 Å². The molecule has 1 spiro atoms. The number of hydrogen-bond acceptors (Lipinski definition) is 3. The minimum absolute atomic E-state index is 0.110. The summed E-state index contributed by atoms with van der Waals surface area (Å²) in [7, 11) is 1.72. The van der Waals surface area contributed by atoms with Crippen LogP contribution in [0.3, 0.4) is 0 Å². The number of hydrogen-bond donors (Lipinski definition) is 2. The van der Waals surface area contributed by atoms with Crippen molar-refractivity contribution in [3.63, 3.8) is 0 Å². The Morgan fingerprint density at radius 2 is 1.95 bits per heavy atom. The molecule has 22 heavy (non-hydrogen) atoms. The molecule has 2 N–H and O–H groups in total. The Bertz CT molecular complexity index is 552. The van der Waals surface area contributed by atoms with Gasteiger partial charge in [-0.15, -0.1) is 0 Å². The molecule has 0 aromatic heterocycles. The molecule has 5 heteroatoms. The van der Waals surface area contributed by atoms with Crippen molar-refractivity contribution in [2.24, 2.45) is 11.3 Å². The fourth-order valence-electron chi connectivity index (χ4n) is 3.46. The molecule has 1 unspecified atom stereocenters. The fraction of sp³-hybridized carbons (Fsp3) is 0.529. The Kier molecular flexibility index (Phi) is 4.16. The van der Waals surface area contributed by atoms with Crippen LogP contribution >= 0.6 is 0 Å². The number of piperidine rings is 1. The van der Waals surface area contributed by atoms with Crippen LogP contribution in [-0.2, 0) is 9.59 Å². The number of likely N-dealkylation sites (N-methyl/N-ethyl adjacent to an activating group) is 1. The highest BCUT2D eigenvalue weighted by atomic mass is 16.2. The van der Waals surface area contributed by atoms with Gasteiger partial charge in [0, 0.05) is 18.7 Å². The minimum Gasteiger partial charge on any atom is -0.336 e. The van der Waals surface area contributed by atoms with Crippen LogP contribution in [0.4, 0.5) is 5.69 Å². The molecule has 1 saturated heterocycles. The van der Waals surface area contributed by atoms with Crippen LogP contribution in [0, 0.1) is 11.3 Å². The van der Waals surface area contributed by atoms with Gasteiger partial charge in [0.25, 0.3) is 0 Å². The summed E-state index contributed by atoms with van der Waals surface area (Å²) in [6.07, 6.45) is 3.14. The van der Waals surface area contributed by atoms with Crippen molar-refractivity contribution in [3.8, 4) is 0 Å². The van der Waals surface area contributed by atoms with Crippen LogP contribution in [0.5, 0.6) is 0 Å². The quantitative estimate of drug-likeness (QED) is 0.885. The van der Waals surface area contributed by atoms with E-state index in [0.717, 1.165) is 38.0 Å². The summed E-state index contributed by atoms with van der Waals surface area (Å²) in [4.78, 5) is 26.1. The lowest BCUT2D eigenvalue weighted by Gasteiger charge is -2.25. The van der Waals surface area contributed by atoms with Crippen LogP contribution < -0.4 is 10.6 Å². The molecule has 1 aromatic rings. The van der Waals surface area contributed by atoms with Gasteiger partial charge in [0.1, 0.15) is 0 Å². The Hall–Kier alpha value is -1.88. The van der Waals surface area contributed by atoms with Crippen molar-refractivity contribution in [1.82, 2.24) is 10.2 Å². The van der Waals surface area contributed by atoms with E-state index in [1.165, 1.54) is 0 Å². The number of amides is 2. The molecular weight excluding hydrogens is 278 g/mol. The Labute approximate surface area is 131 Å². The maximum atomic E-state index is 12.5. The zero-order chi connectivity index (χ0) is 15.6. The average molecular weight is 301 g/mol. The summed E-state index contributed by atoms with van der Waals surface area (Å²) < 4.78 is 0. The molecule has 1 saturated carbocycles. The zero-order valence-corrected chi connectivity index (χ0v) is 13.0. The highest BCUT2D eigenvalue weighted by molar-refractivity contribution is 5.95. The first kappa shape index (κ1) is 15.0. The zero-order valence-electron chi connectivity index (χ0n) is 13.0. The number of carbonyl (C=O) groups is 2. The van der Waals surface area contributed by atoms with Crippen LogP contribution in [0.15, 0.2) is 30.3 Å². The van der Waals surface area contributed by atoms with Gasteiger partial charge >= 0.3 is 0 Å². The minimum atomic E-state index is -0.151. The molecule has 2 aliphatic rings. The van der Waals surface area contributed by atoms with Crippen molar-refractivity contribution in [2.45, 2.75) is 19.3 Å². The largest absolute Gasteiger partial charge is 0.336 e. The van der Waals surface area contributed by atoms with Gasteiger partial charge < -0.3 is 15.5 Å².